The van der Waals surface area contributed by atoms with Crippen molar-refractivity contribution < 1.29 is 32.3 Å². The number of nitrogens with zero attached hydrogens (tertiary/aromatic N) is 3. The second-order valence-electron chi connectivity index (χ2n) is 15.4. The van der Waals surface area contributed by atoms with Crippen molar-refractivity contribution in [2.75, 3.05) is 0 Å². The molecule has 0 saturated heterocycles. The Hall–Kier alpha value is -5.02. The number of allylic oxidation sites excluding steroid dienone is 1. The van der Waals surface area contributed by atoms with Crippen LogP contribution in [0.15, 0.2) is 72.3 Å². The predicted molar refractivity (Wildman–Crippen MR) is 210 cm³/mol. The van der Waals surface area contributed by atoms with Gasteiger partial charge in [0.05, 0.1) is 33.1 Å². The second kappa shape index (κ2) is 15.5. The molecule has 0 radical (unpaired) electrons. The molecule has 4 aliphatic rings. The molecular formula is C41H44N6O7S2. The molecule has 6 atom stereocenters. The normalized spacial score (nSPS) is 27.5. The van der Waals surface area contributed by atoms with E-state index in [0.29, 0.717) is 54.4 Å². The van der Waals surface area contributed by atoms with Crippen LogP contribution in [-0.2, 0) is 24.4 Å². The first-order valence-corrected chi connectivity index (χ1v) is 21.7. The summed E-state index contributed by atoms with van der Waals surface area (Å²) in [6.45, 7) is 1.78. The summed E-state index contributed by atoms with van der Waals surface area (Å²) in [5, 5.41) is 7.21. The molecule has 3 saturated carbocycles. The number of ketones is 1. The number of fused-ring (bicyclic) bond motifs is 3. The van der Waals surface area contributed by atoms with E-state index in [1.807, 2.05) is 53.9 Å². The number of ether oxygens (including phenoxy) is 1. The number of aromatic nitrogens is 3. The maximum absolute atomic E-state index is 14.8. The van der Waals surface area contributed by atoms with Gasteiger partial charge in [-0.25, -0.2) is 18.4 Å². The standard InChI is InChI=1S/C41H44N6O7S2/c1-24-11-9-19-42-34(24)38(50)44-32-15-6-4-2-3-5-12-25-23-41(25,40(51)47-56(52,53)27-17-18-27)46-37(49)29-22-26(21-28(29)36(32)48)54-39-35(33-16-10-20-55-33)43-30-13-7-8-14-31(30)45-39/h5,7-14,16,19-20,25-29,32H,2-4,6,15,17-18,21-23H2,1H3,(H,44,50)(H,46,49)(H,47,51)/b12-5-/t25?,26-,28?,29+,32+,41+/m0/s1. The summed E-state index contributed by atoms with van der Waals surface area (Å²) in [6.07, 6.45) is 9.47. The molecule has 3 aromatic heterocycles. The van der Waals surface area contributed by atoms with Crippen LogP contribution in [0.1, 0.15) is 80.3 Å². The Labute approximate surface area is 329 Å². The predicted octanol–water partition coefficient (Wildman–Crippen LogP) is 5.21. The van der Waals surface area contributed by atoms with Gasteiger partial charge in [0, 0.05) is 18.0 Å². The molecule has 13 nitrogen and oxygen atoms in total. The molecule has 56 heavy (non-hydrogen) atoms. The number of para-hydroxylation sites is 2. The van der Waals surface area contributed by atoms with Crippen LogP contribution in [-0.4, -0.2) is 69.8 Å². The number of nitrogens with one attached hydrogen (secondary N) is 3. The fraction of sp³-hybridized carbons (Fsp3) is 0.439. The Balaban J connectivity index is 1.13. The fourth-order valence-corrected chi connectivity index (χ4v) is 10.1. The molecule has 8 rings (SSSR count). The van der Waals surface area contributed by atoms with Crippen LogP contribution in [0, 0.1) is 24.7 Å². The first kappa shape index (κ1) is 37.9. The molecule has 4 heterocycles. The quantitative estimate of drug-likeness (QED) is 0.200. The van der Waals surface area contributed by atoms with E-state index in [4.69, 9.17) is 14.7 Å². The lowest BCUT2D eigenvalue weighted by molar-refractivity contribution is -0.136. The van der Waals surface area contributed by atoms with Gasteiger partial charge in [-0.3, -0.25) is 28.9 Å². The van der Waals surface area contributed by atoms with E-state index in [-0.39, 0.29) is 36.6 Å². The van der Waals surface area contributed by atoms with Gasteiger partial charge in [0.1, 0.15) is 23.0 Å². The zero-order valence-electron chi connectivity index (χ0n) is 31.0. The first-order chi connectivity index (χ1) is 27.0. The SMILES string of the molecule is Cc1cccnc1C(=O)N[C@@H]1CCCCC/C=C\C2C[C@@]2(C(=O)NS(=O)(=O)C2CC2)NC(=O)[C@@H]2C[C@@H](Oc3nc4ccccc4nc3-c3cccs3)CC2C1=O. The number of hydrogen-bond acceptors (Lipinski definition) is 11. The minimum atomic E-state index is -3.89. The highest BCUT2D eigenvalue weighted by Crippen LogP contribution is 2.47. The van der Waals surface area contributed by atoms with Crippen LogP contribution >= 0.6 is 11.3 Å². The van der Waals surface area contributed by atoms with E-state index < -0.39 is 68.4 Å². The van der Waals surface area contributed by atoms with Crippen molar-refractivity contribution in [1.82, 2.24) is 30.3 Å². The van der Waals surface area contributed by atoms with Gasteiger partial charge in [-0.2, -0.15) is 0 Å². The summed E-state index contributed by atoms with van der Waals surface area (Å²) >= 11 is 1.49. The van der Waals surface area contributed by atoms with Crippen molar-refractivity contribution in [3.8, 4) is 16.5 Å². The number of pyridine rings is 1. The van der Waals surface area contributed by atoms with Gasteiger partial charge in [-0.15, -0.1) is 11.3 Å². The molecule has 292 valence electrons. The lowest BCUT2D eigenvalue weighted by Crippen LogP contribution is -2.54. The van der Waals surface area contributed by atoms with Crippen molar-refractivity contribution in [3.05, 3.63) is 83.5 Å². The summed E-state index contributed by atoms with van der Waals surface area (Å²) in [7, 11) is -3.89. The van der Waals surface area contributed by atoms with E-state index in [1.54, 1.807) is 19.1 Å². The molecule has 15 heteroatoms. The average Bonchev–Trinajstić information content (AvgIpc) is 4.05. The van der Waals surface area contributed by atoms with Crippen LogP contribution < -0.4 is 20.1 Å². The minimum absolute atomic E-state index is 0.110. The number of benzene rings is 1. The van der Waals surface area contributed by atoms with Crippen LogP contribution in [0.4, 0.5) is 0 Å². The third kappa shape index (κ3) is 7.83. The van der Waals surface area contributed by atoms with E-state index in [0.717, 1.165) is 17.7 Å². The van der Waals surface area contributed by atoms with Gasteiger partial charge in [-0.05, 0) is 93.5 Å². The topological polar surface area (TPSA) is 186 Å². The molecule has 4 aromatic rings. The summed E-state index contributed by atoms with van der Waals surface area (Å²) in [5.74, 6) is -4.10. The van der Waals surface area contributed by atoms with E-state index in [9.17, 15) is 27.6 Å². The van der Waals surface area contributed by atoms with Gasteiger partial charge in [0.25, 0.3) is 11.8 Å². The summed E-state index contributed by atoms with van der Waals surface area (Å²) in [6, 6.07) is 13.9. The Morgan fingerprint density at radius 1 is 0.946 bits per heavy atom. The van der Waals surface area contributed by atoms with Gasteiger partial charge < -0.3 is 15.4 Å². The van der Waals surface area contributed by atoms with E-state index in [1.165, 1.54) is 17.5 Å². The number of sulfonamides is 1. The Bertz CT molecular complexity index is 2310. The molecular weight excluding hydrogens is 753 g/mol. The fourth-order valence-electron chi connectivity index (χ4n) is 8.01. The number of carbonyl (C=O) groups is 4. The Morgan fingerprint density at radius 2 is 1.73 bits per heavy atom. The molecule has 0 bridgehead atoms. The van der Waals surface area contributed by atoms with Crippen LogP contribution in [0.2, 0.25) is 0 Å². The van der Waals surface area contributed by atoms with Crippen LogP contribution in [0.25, 0.3) is 21.6 Å². The maximum Gasteiger partial charge on any atom is 0.270 e. The number of rotatable bonds is 8. The van der Waals surface area contributed by atoms with Crippen molar-refractivity contribution in [2.45, 2.75) is 94.1 Å². The summed E-state index contributed by atoms with van der Waals surface area (Å²) < 4.78 is 34.7. The number of amides is 3. The average molecular weight is 797 g/mol. The van der Waals surface area contributed by atoms with Gasteiger partial charge in [0.15, 0.2) is 5.78 Å². The third-order valence-corrected chi connectivity index (χ3v) is 14.1. The zero-order valence-corrected chi connectivity index (χ0v) is 32.6. The van der Waals surface area contributed by atoms with Crippen molar-refractivity contribution in [2.24, 2.45) is 17.8 Å². The number of aryl methyl sites for hydroxylation is 1. The van der Waals surface area contributed by atoms with Crippen molar-refractivity contribution in [3.63, 3.8) is 0 Å². The number of hydrogen-bond donors (Lipinski definition) is 3. The molecule has 2 unspecified atom stereocenters. The van der Waals surface area contributed by atoms with Crippen molar-refractivity contribution in [1.29, 1.82) is 0 Å². The lowest BCUT2D eigenvalue weighted by atomic mass is 9.85. The second-order valence-corrected chi connectivity index (χ2v) is 18.3. The highest BCUT2D eigenvalue weighted by Gasteiger charge is 2.62. The molecule has 1 aliphatic heterocycles. The number of carbonyl (C=O) groups excluding carboxylic acids is 4. The molecule has 1 aromatic carbocycles. The smallest absolute Gasteiger partial charge is 0.270 e. The molecule has 3 aliphatic carbocycles. The highest BCUT2D eigenvalue weighted by atomic mass is 32.2. The monoisotopic (exact) mass is 796 g/mol. The van der Waals surface area contributed by atoms with Crippen molar-refractivity contribution >= 4 is 55.9 Å². The summed E-state index contributed by atoms with van der Waals surface area (Å²) in [4.78, 5) is 71.6. The molecule has 3 amide bonds. The van der Waals surface area contributed by atoms with Crippen LogP contribution in [0.5, 0.6) is 5.88 Å². The van der Waals surface area contributed by atoms with Crippen LogP contribution in [0.3, 0.4) is 0 Å². The minimum Gasteiger partial charge on any atom is -0.473 e. The Kier molecular flexibility index (Phi) is 10.5. The maximum atomic E-state index is 14.8. The zero-order chi connectivity index (χ0) is 39.0. The van der Waals surface area contributed by atoms with E-state index >= 15 is 0 Å². The number of thiophene rings is 1. The highest BCUT2D eigenvalue weighted by molar-refractivity contribution is 7.91. The van der Waals surface area contributed by atoms with Gasteiger partial charge in [-0.1, -0.05) is 49.3 Å². The molecule has 0 spiro atoms. The third-order valence-electron chi connectivity index (χ3n) is 11.4. The number of Topliss-reactive ketones (excluding diaryl/α,β-unsaturated/α-hetero) is 1. The molecule has 3 fully saturated rings. The lowest BCUT2D eigenvalue weighted by Gasteiger charge is -2.26. The van der Waals surface area contributed by atoms with E-state index in [2.05, 4.69) is 20.3 Å². The first-order valence-electron chi connectivity index (χ1n) is 19.3. The Morgan fingerprint density at radius 3 is 2.48 bits per heavy atom. The largest absolute Gasteiger partial charge is 0.473 e. The van der Waals surface area contributed by atoms with Gasteiger partial charge in [0.2, 0.25) is 21.8 Å². The summed E-state index contributed by atoms with van der Waals surface area (Å²) in [5.41, 5.74) is 1.25. The van der Waals surface area contributed by atoms with Gasteiger partial charge >= 0.3 is 0 Å². The molecule has 3 N–H and O–H groups in total.